The Labute approximate surface area is 191 Å². The van der Waals surface area contributed by atoms with Crippen molar-refractivity contribution in [2.75, 3.05) is 25.1 Å². The van der Waals surface area contributed by atoms with Crippen LogP contribution >= 0.6 is 0 Å². The van der Waals surface area contributed by atoms with Gasteiger partial charge in [0.05, 0.1) is 24.8 Å². The van der Waals surface area contributed by atoms with Crippen molar-refractivity contribution in [2.45, 2.75) is 51.5 Å². The van der Waals surface area contributed by atoms with Crippen molar-refractivity contribution in [3.63, 3.8) is 0 Å². The minimum atomic E-state index is -4.01. The number of benzene rings is 2. The molecule has 0 spiro atoms. The van der Waals surface area contributed by atoms with Crippen LogP contribution < -0.4 is 19.1 Å². The molecular weight excluding hydrogens is 428 g/mol. The number of amides is 1. The summed E-state index contributed by atoms with van der Waals surface area (Å²) in [7, 11) is -1.04. The summed E-state index contributed by atoms with van der Waals surface area (Å²) in [6, 6.07) is 12.8. The minimum absolute atomic E-state index is 0.00404. The summed E-state index contributed by atoms with van der Waals surface area (Å²) >= 11 is 0. The molecule has 2 aromatic rings. The number of sulfonamides is 1. The molecule has 7 nitrogen and oxygen atoms in total. The Hall–Kier alpha value is -2.74. The van der Waals surface area contributed by atoms with Crippen LogP contribution in [0.2, 0.25) is 0 Å². The van der Waals surface area contributed by atoms with E-state index in [0.29, 0.717) is 17.2 Å². The van der Waals surface area contributed by atoms with Crippen molar-refractivity contribution >= 4 is 21.6 Å². The van der Waals surface area contributed by atoms with Gasteiger partial charge in [0.25, 0.3) is 10.0 Å². The molecule has 0 aliphatic rings. The lowest BCUT2D eigenvalue weighted by Crippen LogP contribution is -2.50. The molecule has 0 saturated carbocycles. The second-order valence-corrected chi connectivity index (χ2v) is 11.4. The molecule has 8 heteroatoms. The van der Waals surface area contributed by atoms with E-state index in [4.69, 9.17) is 9.47 Å². The van der Waals surface area contributed by atoms with Crippen LogP contribution in [0, 0.1) is 5.41 Å². The number of carbonyl (C=O) groups excluding carboxylic acids is 1. The first-order chi connectivity index (χ1) is 14.8. The zero-order chi connectivity index (χ0) is 24.2. The normalized spacial score (nSPS) is 12.2. The van der Waals surface area contributed by atoms with Gasteiger partial charge in [-0.15, -0.1) is 0 Å². The van der Waals surface area contributed by atoms with E-state index in [1.54, 1.807) is 36.4 Å². The molecule has 0 atom stereocenters. The third-order valence-corrected chi connectivity index (χ3v) is 6.51. The van der Waals surface area contributed by atoms with Gasteiger partial charge in [-0.3, -0.25) is 9.10 Å². The molecule has 32 heavy (non-hydrogen) atoms. The maximum atomic E-state index is 13.5. The number of nitrogens with zero attached hydrogens (tertiary/aromatic N) is 1. The number of hydrogen-bond donors (Lipinski definition) is 1. The van der Waals surface area contributed by atoms with Crippen molar-refractivity contribution in [1.29, 1.82) is 0 Å². The smallest absolute Gasteiger partial charge is 0.264 e. The van der Waals surface area contributed by atoms with E-state index >= 15 is 0 Å². The Kier molecular flexibility index (Phi) is 7.83. The van der Waals surface area contributed by atoms with E-state index in [1.807, 2.05) is 13.8 Å². The predicted molar refractivity (Wildman–Crippen MR) is 127 cm³/mol. The Morgan fingerprint density at radius 2 is 1.53 bits per heavy atom. The van der Waals surface area contributed by atoms with Crippen LogP contribution in [-0.4, -0.2) is 40.6 Å². The Balaban J connectivity index is 2.45. The molecule has 1 amide bonds. The molecule has 0 bridgehead atoms. The van der Waals surface area contributed by atoms with Gasteiger partial charge in [0.2, 0.25) is 5.91 Å². The summed E-state index contributed by atoms with van der Waals surface area (Å²) < 4.78 is 38.7. The summed E-state index contributed by atoms with van der Waals surface area (Å²) in [5.41, 5.74) is -0.208. The number of rotatable bonds is 9. The second kappa shape index (κ2) is 9.81. The van der Waals surface area contributed by atoms with E-state index in [0.717, 1.165) is 10.7 Å². The lowest BCUT2D eigenvalue weighted by molar-refractivity contribution is -0.121. The minimum Gasteiger partial charge on any atom is -0.493 e. The molecular formula is C24H34N2O5S. The second-order valence-electron chi connectivity index (χ2n) is 9.53. The van der Waals surface area contributed by atoms with Crippen molar-refractivity contribution < 1.29 is 22.7 Å². The monoisotopic (exact) mass is 462 g/mol. The van der Waals surface area contributed by atoms with Gasteiger partial charge in [-0.25, -0.2) is 8.42 Å². The lowest BCUT2D eigenvalue weighted by Gasteiger charge is -2.34. The zero-order valence-corrected chi connectivity index (χ0v) is 20.7. The summed E-state index contributed by atoms with van der Waals surface area (Å²) in [6.45, 7) is 9.77. The largest absolute Gasteiger partial charge is 0.493 e. The highest BCUT2D eigenvalue weighted by molar-refractivity contribution is 7.92. The van der Waals surface area contributed by atoms with Gasteiger partial charge in [0, 0.05) is 11.6 Å². The van der Waals surface area contributed by atoms with E-state index < -0.39 is 21.5 Å². The zero-order valence-electron chi connectivity index (χ0n) is 19.9. The van der Waals surface area contributed by atoms with Gasteiger partial charge < -0.3 is 14.8 Å². The summed E-state index contributed by atoms with van der Waals surface area (Å²) in [4.78, 5) is 13.1. The van der Waals surface area contributed by atoms with Gasteiger partial charge >= 0.3 is 0 Å². The van der Waals surface area contributed by atoms with Gasteiger partial charge in [-0.2, -0.15) is 0 Å². The highest BCUT2D eigenvalue weighted by Crippen LogP contribution is 2.34. The maximum absolute atomic E-state index is 13.5. The first kappa shape index (κ1) is 25.5. The Morgan fingerprint density at radius 1 is 0.938 bits per heavy atom. The fourth-order valence-electron chi connectivity index (χ4n) is 3.93. The fraction of sp³-hybridized carbons (Fsp3) is 0.458. The van der Waals surface area contributed by atoms with Crippen LogP contribution in [0.3, 0.4) is 0 Å². The standard InChI is InChI=1S/C24H34N2O5S/c1-23(2,3)17-24(4,5)25-22(27)16-26(32(28,29)19-11-9-8-10-12-19)18-13-14-20(30-6)21(15-18)31-7/h8-15H,16-17H2,1-7H3,(H,25,27). The molecule has 2 rings (SSSR count). The van der Waals surface area contributed by atoms with Crippen LogP contribution in [0.5, 0.6) is 11.5 Å². The molecule has 0 saturated heterocycles. The molecule has 0 radical (unpaired) electrons. The van der Waals surface area contributed by atoms with Crippen molar-refractivity contribution in [1.82, 2.24) is 5.32 Å². The molecule has 2 aromatic carbocycles. The van der Waals surface area contributed by atoms with Crippen molar-refractivity contribution in [3.8, 4) is 11.5 Å². The van der Waals surface area contributed by atoms with Crippen LogP contribution in [0.4, 0.5) is 5.69 Å². The third kappa shape index (κ3) is 6.63. The molecule has 0 aliphatic heterocycles. The van der Waals surface area contributed by atoms with E-state index in [2.05, 4.69) is 26.1 Å². The fourth-order valence-corrected chi connectivity index (χ4v) is 5.37. The van der Waals surface area contributed by atoms with Gasteiger partial charge in [-0.05, 0) is 49.9 Å². The quantitative estimate of drug-likeness (QED) is 0.603. The predicted octanol–water partition coefficient (Wildman–Crippen LogP) is 4.23. The van der Waals surface area contributed by atoms with E-state index in [9.17, 15) is 13.2 Å². The SMILES string of the molecule is COc1ccc(N(CC(=O)NC(C)(C)CC(C)(C)C)S(=O)(=O)c2ccccc2)cc1OC. The third-order valence-electron chi connectivity index (χ3n) is 4.72. The van der Waals surface area contributed by atoms with Gasteiger partial charge in [0.15, 0.2) is 11.5 Å². The highest BCUT2D eigenvalue weighted by atomic mass is 32.2. The number of methoxy groups -OCH3 is 2. The van der Waals surface area contributed by atoms with Crippen molar-refractivity contribution in [2.24, 2.45) is 5.41 Å². The van der Waals surface area contributed by atoms with Crippen LogP contribution in [0.25, 0.3) is 0 Å². The first-order valence-electron chi connectivity index (χ1n) is 10.4. The van der Waals surface area contributed by atoms with Gasteiger partial charge in [0.1, 0.15) is 6.54 Å². The van der Waals surface area contributed by atoms with Crippen LogP contribution in [0.1, 0.15) is 41.0 Å². The summed E-state index contributed by atoms with van der Waals surface area (Å²) in [5, 5.41) is 2.99. The Morgan fingerprint density at radius 3 is 2.06 bits per heavy atom. The van der Waals surface area contributed by atoms with E-state index in [-0.39, 0.29) is 16.9 Å². The first-order valence-corrected chi connectivity index (χ1v) is 11.8. The molecule has 0 aromatic heterocycles. The number of carbonyl (C=O) groups is 1. The van der Waals surface area contributed by atoms with Crippen LogP contribution in [0.15, 0.2) is 53.4 Å². The molecule has 0 fully saturated rings. The molecule has 1 N–H and O–H groups in total. The lowest BCUT2D eigenvalue weighted by atomic mass is 9.82. The number of nitrogens with one attached hydrogen (secondary N) is 1. The van der Waals surface area contributed by atoms with Crippen LogP contribution in [-0.2, 0) is 14.8 Å². The summed E-state index contributed by atoms with van der Waals surface area (Å²) in [5.74, 6) is 0.435. The van der Waals surface area contributed by atoms with Gasteiger partial charge in [-0.1, -0.05) is 39.0 Å². The van der Waals surface area contributed by atoms with E-state index in [1.165, 1.54) is 26.4 Å². The average Bonchev–Trinajstić information content (AvgIpc) is 2.69. The highest BCUT2D eigenvalue weighted by Gasteiger charge is 2.31. The molecule has 0 heterocycles. The number of ether oxygens (including phenoxy) is 2. The molecule has 0 aliphatic carbocycles. The topological polar surface area (TPSA) is 84.9 Å². The Bertz CT molecular complexity index is 1030. The number of anilines is 1. The molecule has 0 unspecified atom stereocenters. The molecule has 176 valence electrons. The average molecular weight is 463 g/mol. The summed E-state index contributed by atoms with van der Waals surface area (Å²) in [6.07, 6.45) is 0.730. The van der Waals surface area contributed by atoms with Crippen molar-refractivity contribution in [3.05, 3.63) is 48.5 Å². The maximum Gasteiger partial charge on any atom is 0.264 e. The number of hydrogen-bond acceptors (Lipinski definition) is 5.